The van der Waals surface area contributed by atoms with Gasteiger partial charge in [0.05, 0.1) is 12.4 Å². The minimum absolute atomic E-state index is 0.0458. The van der Waals surface area contributed by atoms with Gasteiger partial charge >= 0.3 is 0 Å². The molecular weight excluding hydrogens is 238 g/mol. The molecule has 0 bridgehead atoms. The van der Waals surface area contributed by atoms with Crippen LogP contribution in [-0.2, 0) is 23.0 Å². The molecule has 0 aliphatic heterocycles. The van der Waals surface area contributed by atoms with Crippen LogP contribution in [0.2, 0.25) is 0 Å². The molecule has 96 valence electrons. The Morgan fingerprint density at radius 2 is 1.71 bits per heavy atom. The molecule has 0 aliphatic carbocycles. The third-order valence-corrected chi connectivity index (χ3v) is 3.43. The van der Waals surface area contributed by atoms with Crippen molar-refractivity contribution in [2.75, 3.05) is 25.6 Å². The maximum atomic E-state index is 11.0. The summed E-state index contributed by atoms with van der Waals surface area (Å²) in [7, 11) is -1.00. The topological polar surface area (TPSA) is 57.6 Å². The number of hydrogen-bond donors (Lipinski definition) is 1. The molecule has 1 aromatic carbocycles. The Morgan fingerprint density at radius 3 is 2.18 bits per heavy atom. The molecule has 0 amide bonds. The molecular formula is C12H19NO3S. The van der Waals surface area contributed by atoms with Gasteiger partial charge in [-0.25, -0.2) is 8.42 Å². The highest BCUT2D eigenvalue weighted by Gasteiger charge is 2.06. The van der Waals surface area contributed by atoms with Crippen molar-refractivity contribution in [2.24, 2.45) is 0 Å². The molecule has 5 heteroatoms. The van der Waals surface area contributed by atoms with Crippen molar-refractivity contribution in [1.29, 1.82) is 0 Å². The molecule has 0 aliphatic rings. The number of benzene rings is 1. The van der Waals surface area contributed by atoms with Gasteiger partial charge in [0.15, 0.2) is 0 Å². The predicted octanol–water partition coefficient (Wildman–Crippen LogP) is 0.655. The Bertz CT molecular complexity index is 439. The fourth-order valence-corrected chi connectivity index (χ4v) is 2.11. The van der Waals surface area contributed by atoms with Gasteiger partial charge in [-0.1, -0.05) is 24.3 Å². The summed E-state index contributed by atoms with van der Waals surface area (Å²) in [6.45, 7) is 1.28. The van der Waals surface area contributed by atoms with Crippen molar-refractivity contribution in [3.8, 4) is 0 Å². The lowest BCUT2D eigenvalue weighted by Crippen LogP contribution is -2.24. The molecule has 0 aromatic heterocycles. The Labute approximate surface area is 103 Å². The normalized spacial score (nSPS) is 12.0. The second-order valence-corrected chi connectivity index (χ2v) is 6.60. The minimum atomic E-state index is -2.90. The smallest absolute Gasteiger partial charge is 0.148 e. The van der Waals surface area contributed by atoms with Crippen LogP contribution in [0.1, 0.15) is 11.1 Å². The Balaban J connectivity index is 2.47. The van der Waals surface area contributed by atoms with E-state index in [4.69, 9.17) is 5.11 Å². The van der Waals surface area contributed by atoms with Gasteiger partial charge in [0.2, 0.25) is 0 Å². The number of aliphatic hydroxyl groups excluding tert-OH is 1. The molecule has 0 unspecified atom stereocenters. The van der Waals surface area contributed by atoms with Gasteiger partial charge in [0.1, 0.15) is 9.84 Å². The minimum Gasteiger partial charge on any atom is -0.392 e. The second-order valence-electron chi connectivity index (χ2n) is 4.34. The van der Waals surface area contributed by atoms with E-state index in [1.807, 2.05) is 36.2 Å². The second kappa shape index (κ2) is 6.14. The van der Waals surface area contributed by atoms with E-state index in [2.05, 4.69) is 0 Å². The maximum absolute atomic E-state index is 11.0. The van der Waals surface area contributed by atoms with Gasteiger partial charge < -0.3 is 10.0 Å². The average Bonchev–Trinajstić information content (AvgIpc) is 2.27. The van der Waals surface area contributed by atoms with E-state index in [-0.39, 0.29) is 12.4 Å². The third kappa shape index (κ3) is 5.81. The lowest BCUT2D eigenvalue weighted by atomic mass is 10.1. The molecule has 0 radical (unpaired) electrons. The largest absolute Gasteiger partial charge is 0.392 e. The van der Waals surface area contributed by atoms with Gasteiger partial charge in [0, 0.05) is 19.3 Å². The zero-order chi connectivity index (χ0) is 12.9. The molecule has 0 heterocycles. The van der Waals surface area contributed by atoms with Crippen molar-refractivity contribution < 1.29 is 13.5 Å². The summed E-state index contributed by atoms with van der Waals surface area (Å²) in [6, 6.07) is 7.64. The predicted molar refractivity (Wildman–Crippen MR) is 68.4 cm³/mol. The van der Waals surface area contributed by atoms with E-state index in [0.29, 0.717) is 13.1 Å². The SMILES string of the molecule is CN(CCS(C)(=O)=O)Cc1ccc(CO)cc1. The molecule has 0 atom stereocenters. The molecule has 1 aromatic rings. The molecule has 1 N–H and O–H groups in total. The summed E-state index contributed by atoms with van der Waals surface area (Å²) in [5.74, 6) is 0.179. The van der Waals surface area contributed by atoms with Crippen LogP contribution in [0.3, 0.4) is 0 Å². The summed E-state index contributed by atoms with van der Waals surface area (Å²) >= 11 is 0. The van der Waals surface area contributed by atoms with Gasteiger partial charge in [-0.2, -0.15) is 0 Å². The van der Waals surface area contributed by atoms with E-state index < -0.39 is 9.84 Å². The Hall–Kier alpha value is -0.910. The van der Waals surface area contributed by atoms with Gasteiger partial charge in [-0.3, -0.25) is 0 Å². The van der Waals surface area contributed by atoms with Crippen LogP contribution in [-0.4, -0.2) is 44.0 Å². The average molecular weight is 257 g/mol. The van der Waals surface area contributed by atoms with Crippen molar-refractivity contribution in [1.82, 2.24) is 4.90 Å². The molecule has 17 heavy (non-hydrogen) atoms. The van der Waals surface area contributed by atoms with E-state index in [1.54, 1.807) is 0 Å². The molecule has 0 saturated carbocycles. The number of sulfone groups is 1. The Morgan fingerprint density at radius 1 is 1.18 bits per heavy atom. The third-order valence-electron chi connectivity index (χ3n) is 2.50. The molecule has 0 saturated heterocycles. The van der Waals surface area contributed by atoms with E-state index >= 15 is 0 Å². The monoisotopic (exact) mass is 257 g/mol. The molecule has 0 fully saturated rings. The van der Waals surface area contributed by atoms with E-state index in [1.165, 1.54) is 6.26 Å². The lowest BCUT2D eigenvalue weighted by Gasteiger charge is -2.16. The van der Waals surface area contributed by atoms with Crippen LogP contribution >= 0.6 is 0 Å². The zero-order valence-corrected chi connectivity index (χ0v) is 11.1. The van der Waals surface area contributed by atoms with Gasteiger partial charge in [-0.05, 0) is 18.2 Å². The highest BCUT2D eigenvalue weighted by atomic mass is 32.2. The summed E-state index contributed by atoms with van der Waals surface area (Å²) in [5, 5.41) is 8.91. The van der Waals surface area contributed by atoms with E-state index in [9.17, 15) is 8.42 Å². The zero-order valence-electron chi connectivity index (χ0n) is 10.3. The highest BCUT2D eigenvalue weighted by Crippen LogP contribution is 2.06. The fraction of sp³-hybridized carbons (Fsp3) is 0.500. The maximum Gasteiger partial charge on any atom is 0.148 e. The van der Waals surface area contributed by atoms with Crippen molar-refractivity contribution in [2.45, 2.75) is 13.2 Å². The van der Waals surface area contributed by atoms with Crippen molar-refractivity contribution in [3.63, 3.8) is 0 Å². The van der Waals surface area contributed by atoms with Crippen LogP contribution in [0.15, 0.2) is 24.3 Å². The first-order valence-electron chi connectivity index (χ1n) is 5.45. The number of hydrogen-bond acceptors (Lipinski definition) is 4. The number of aliphatic hydroxyl groups is 1. The molecule has 1 rings (SSSR count). The van der Waals surface area contributed by atoms with Crippen LogP contribution in [0.4, 0.5) is 0 Å². The first-order valence-corrected chi connectivity index (χ1v) is 7.52. The first-order chi connectivity index (χ1) is 7.90. The van der Waals surface area contributed by atoms with E-state index in [0.717, 1.165) is 11.1 Å². The number of rotatable bonds is 6. The van der Waals surface area contributed by atoms with Crippen molar-refractivity contribution >= 4 is 9.84 Å². The summed E-state index contributed by atoms with van der Waals surface area (Å²) in [5.41, 5.74) is 1.99. The Kier molecular flexibility index (Phi) is 5.11. The fourth-order valence-electron chi connectivity index (χ4n) is 1.46. The summed E-state index contributed by atoms with van der Waals surface area (Å²) in [6.07, 6.45) is 1.25. The number of nitrogens with zero attached hydrogens (tertiary/aromatic N) is 1. The highest BCUT2D eigenvalue weighted by molar-refractivity contribution is 7.90. The lowest BCUT2D eigenvalue weighted by molar-refractivity contribution is 0.281. The molecule has 4 nitrogen and oxygen atoms in total. The quantitative estimate of drug-likeness (QED) is 0.813. The van der Waals surface area contributed by atoms with Crippen molar-refractivity contribution in [3.05, 3.63) is 35.4 Å². The van der Waals surface area contributed by atoms with Crippen LogP contribution in [0.5, 0.6) is 0 Å². The van der Waals surface area contributed by atoms with Crippen LogP contribution < -0.4 is 0 Å². The summed E-state index contributed by atoms with van der Waals surface area (Å²) < 4.78 is 22.0. The van der Waals surface area contributed by atoms with Crippen LogP contribution in [0, 0.1) is 0 Å². The van der Waals surface area contributed by atoms with Crippen LogP contribution in [0.25, 0.3) is 0 Å². The standard InChI is InChI=1S/C12H19NO3S/c1-13(7-8-17(2,15)16)9-11-3-5-12(10-14)6-4-11/h3-6,14H,7-10H2,1-2H3. The first kappa shape index (κ1) is 14.2. The van der Waals surface area contributed by atoms with Gasteiger partial charge in [0.25, 0.3) is 0 Å². The molecule has 0 spiro atoms. The van der Waals surface area contributed by atoms with Gasteiger partial charge in [-0.15, -0.1) is 0 Å². The summed E-state index contributed by atoms with van der Waals surface area (Å²) in [4.78, 5) is 1.97.